The first-order chi connectivity index (χ1) is 21.4. The third-order valence-electron chi connectivity index (χ3n) is 7.74. The fraction of sp³-hybridized carbons (Fsp3) is 0.216. The van der Waals surface area contributed by atoms with E-state index in [0.29, 0.717) is 33.6 Å². The van der Waals surface area contributed by atoms with Gasteiger partial charge in [-0.15, -0.1) is 0 Å². The molecular formula is C37H35FNO+. The van der Waals surface area contributed by atoms with Crippen LogP contribution in [-0.4, -0.2) is 0 Å². The maximum Gasteiger partial charge on any atom is 0.216 e. The molecule has 0 bridgehead atoms. The molecule has 0 saturated carbocycles. The quantitative estimate of drug-likeness (QED) is 0.207. The third-order valence-corrected chi connectivity index (χ3v) is 7.74. The molecule has 3 heteroatoms. The average molecular weight is 535 g/mol. The van der Waals surface area contributed by atoms with Crippen molar-refractivity contribution in [1.82, 2.24) is 0 Å². The van der Waals surface area contributed by atoms with Gasteiger partial charge in [-0.05, 0) is 77.1 Å². The Labute approximate surface area is 244 Å². The molecular weight excluding hydrogens is 493 g/mol. The van der Waals surface area contributed by atoms with Crippen molar-refractivity contribution in [2.24, 2.45) is 7.05 Å². The molecule has 2 nitrogen and oxygen atoms in total. The molecule has 200 valence electrons. The van der Waals surface area contributed by atoms with Crippen LogP contribution in [0, 0.1) is 26.4 Å². The Morgan fingerprint density at radius 1 is 0.750 bits per heavy atom. The fourth-order valence-electron chi connectivity index (χ4n) is 5.47. The normalized spacial score (nSPS) is 14.8. The highest BCUT2D eigenvalue weighted by atomic mass is 19.1. The van der Waals surface area contributed by atoms with Crippen molar-refractivity contribution in [1.29, 1.82) is 0 Å². The molecule has 0 radical (unpaired) electrons. The van der Waals surface area contributed by atoms with Gasteiger partial charge >= 0.3 is 0 Å². The van der Waals surface area contributed by atoms with Crippen molar-refractivity contribution in [3.8, 4) is 33.5 Å². The van der Waals surface area contributed by atoms with E-state index in [4.69, 9.17) is 12.6 Å². The van der Waals surface area contributed by atoms with Crippen molar-refractivity contribution in [2.75, 3.05) is 0 Å². The minimum atomic E-state index is -2.53. The number of halogens is 1. The van der Waals surface area contributed by atoms with Crippen LogP contribution in [0.4, 0.5) is 4.39 Å². The lowest BCUT2D eigenvalue weighted by Crippen LogP contribution is -2.31. The van der Waals surface area contributed by atoms with E-state index in [-0.39, 0.29) is 16.5 Å². The molecule has 4 aromatic carbocycles. The summed E-state index contributed by atoms with van der Waals surface area (Å²) >= 11 is 0. The van der Waals surface area contributed by atoms with E-state index in [2.05, 4.69) is 20.8 Å². The van der Waals surface area contributed by atoms with Gasteiger partial charge in [0.15, 0.2) is 6.20 Å². The number of pyridine rings is 1. The van der Waals surface area contributed by atoms with Crippen LogP contribution >= 0.6 is 0 Å². The lowest BCUT2D eigenvalue weighted by Gasteiger charge is -2.19. The first-order valence-electron chi connectivity index (χ1n) is 16.4. The van der Waals surface area contributed by atoms with Gasteiger partial charge in [0.2, 0.25) is 5.69 Å². The first-order valence-corrected chi connectivity index (χ1v) is 13.4. The minimum Gasteiger partial charge on any atom is -0.455 e. The number of benzene rings is 4. The van der Waals surface area contributed by atoms with Crippen LogP contribution in [0.25, 0.3) is 55.4 Å². The maximum atomic E-state index is 14.1. The fourth-order valence-corrected chi connectivity index (χ4v) is 5.47. The van der Waals surface area contributed by atoms with Crippen molar-refractivity contribution in [3.05, 3.63) is 113 Å². The lowest BCUT2D eigenvalue weighted by molar-refractivity contribution is -0.660. The molecule has 0 unspecified atom stereocenters. The van der Waals surface area contributed by atoms with Crippen LogP contribution in [0.2, 0.25) is 0 Å². The van der Waals surface area contributed by atoms with E-state index in [1.807, 2.05) is 49.4 Å². The van der Waals surface area contributed by atoms with Crippen LogP contribution in [0.1, 0.15) is 51.2 Å². The van der Waals surface area contributed by atoms with E-state index >= 15 is 0 Å². The van der Waals surface area contributed by atoms with Crippen LogP contribution in [-0.2, 0) is 12.5 Å². The van der Waals surface area contributed by atoms with Crippen LogP contribution in [0.5, 0.6) is 0 Å². The standard InChI is InChI=1S/C37H35FNO/c1-22-8-15-31-30-17-14-28(38)19-34(30)40-36(31)35(22)33-20-32(24(3)21-39(33)7)29-16-11-26(18-23(29)2)25-9-12-27(13-10-25)37(4,5)6/h8-21H,1-7H3/q+1/i2D3,3D3. The van der Waals surface area contributed by atoms with Gasteiger partial charge < -0.3 is 4.42 Å². The Bertz CT molecular complexity index is 2130. The van der Waals surface area contributed by atoms with Crippen LogP contribution in [0.3, 0.4) is 0 Å². The highest BCUT2D eigenvalue weighted by Gasteiger charge is 2.23. The molecule has 2 aromatic heterocycles. The molecule has 0 aliphatic carbocycles. The number of hydrogen-bond donors (Lipinski definition) is 0. The summed E-state index contributed by atoms with van der Waals surface area (Å²) in [5.74, 6) is -0.412. The van der Waals surface area contributed by atoms with Gasteiger partial charge in [-0.1, -0.05) is 75.4 Å². The predicted molar refractivity (Wildman–Crippen MR) is 164 cm³/mol. The second-order valence-electron chi connectivity index (χ2n) is 11.6. The van der Waals surface area contributed by atoms with Gasteiger partial charge in [0.25, 0.3) is 0 Å². The predicted octanol–water partition coefficient (Wildman–Crippen LogP) is 9.77. The Balaban J connectivity index is 1.60. The number of aromatic nitrogens is 1. The highest BCUT2D eigenvalue weighted by molar-refractivity contribution is 6.09. The summed E-state index contributed by atoms with van der Waals surface area (Å²) in [6.07, 6.45) is 1.54. The van der Waals surface area contributed by atoms with Gasteiger partial charge in [0, 0.05) is 36.7 Å². The van der Waals surface area contributed by atoms with E-state index in [0.717, 1.165) is 33.0 Å². The third kappa shape index (κ3) is 4.40. The van der Waals surface area contributed by atoms with Crippen molar-refractivity contribution in [3.63, 3.8) is 0 Å². The molecule has 0 fully saturated rings. The molecule has 0 spiro atoms. The number of hydrogen-bond acceptors (Lipinski definition) is 1. The number of nitrogens with zero attached hydrogens (tertiary/aromatic N) is 1. The highest BCUT2D eigenvalue weighted by Crippen LogP contribution is 2.39. The summed E-state index contributed by atoms with van der Waals surface area (Å²) in [4.78, 5) is 0. The monoisotopic (exact) mass is 534 g/mol. The van der Waals surface area contributed by atoms with E-state index in [1.165, 1.54) is 12.1 Å². The van der Waals surface area contributed by atoms with Gasteiger partial charge in [-0.25, -0.2) is 8.96 Å². The number of aryl methyl sites for hydroxylation is 4. The zero-order chi connectivity index (χ0) is 33.3. The number of furan rings is 1. The van der Waals surface area contributed by atoms with E-state index < -0.39 is 19.5 Å². The zero-order valence-electron chi connectivity index (χ0n) is 29.3. The van der Waals surface area contributed by atoms with E-state index in [9.17, 15) is 4.39 Å². The summed E-state index contributed by atoms with van der Waals surface area (Å²) in [5, 5.41) is 1.55. The summed E-state index contributed by atoms with van der Waals surface area (Å²) in [6, 6.07) is 23.3. The summed E-state index contributed by atoms with van der Waals surface area (Å²) in [7, 11) is 1.75. The molecule has 40 heavy (non-hydrogen) atoms. The van der Waals surface area contributed by atoms with Crippen LogP contribution < -0.4 is 4.57 Å². The van der Waals surface area contributed by atoms with Crippen molar-refractivity contribution >= 4 is 21.9 Å². The Morgan fingerprint density at radius 3 is 2.20 bits per heavy atom. The van der Waals surface area contributed by atoms with Gasteiger partial charge in [0.1, 0.15) is 24.0 Å². The Morgan fingerprint density at radius 2 is 1.48 bits per heavy atom. The van der Waals surface area contributed by atoms with Gasteiger partial charge in [0.05, 0.1) is 5.56 Å². The van der Waals surface area contributed by atoms with Crippen molar-refractivity contribution in [2.45, 2.75) is 46.8 Å². The smallest absolute Gasteiger partial charge is 0.216 e. The average Bonchev–Trinajstić information content (AvgIpc) is 3.33. The van der Waals surface area contributed by atoms with E-state index in [1.54, 1.807) is 42.1 Å². The largest absolute Gasteiger partial charge is 0.455 e. The molecule has 0 atom stereocenters. The van der Waals surface area contributed by atoms with Gasteiger partial charge in [-0.3, -0.25) is 0 Å². The topological polar surface area (TPSA) is 17.0 Å². The molecule has 0 aliphatic heterocycles. The second-order valence-corrected chi connectivity index (χ2v) is 11.6. The summed E-state index contributed by atoms with van der Waals surface area (Å²) in [5.41, 5.74) is 6.57. The molecule has 0 saturated heterocycles. The molecule has 0 N–H and O–H groups in total. The van der Waals surface area contributed by atoms with Gasteiger partial charge in [-0.2, -0.15) is 0 Å². The Kier molecular flexibility index (Phi) is 4.67. The lowest BCUT2D eigenvalue weighted by atomic mass is 9.86. The van der Waals surface area contributed by atoms with Crippen molar-refractivity contribution < 1.29 is 21.6 Å². The first kappa shape index (κ1) is 19.8. The summed E-state index contributed by atoms with van der Waals surface area (Å²) < 4.78 is 72.7. The number of fused-ring (bicyclic) bond motifs is 3. The number of rotatable bonds is 3. The summed E-state index contributed by atoms with van der Waals surface area (Å²) in [6.45, 7) is 3.27. The minimum absolute atomic E-state index is 0.0275. The zero-order valence-corrected chi connectivity index (χ0v) is 23.3. The molecule has 0 aliphatic rings. The molecule has 0 amide bonds. The molecule has 6 aromatic rings. The second kappa shape index (κ2) is 9.45. The molecule has 2 heterocycles. The molecule has 6 rings (SSSR count). The Hall–Kier alpha value is -4.24. The maximum absolute atomic E-state index is 14.1. The SMILES string of the molecule is [2H]C([2H])([2H])c1cc(-c2ccc(C(C)(C)C)cc2)ccc1-c1cc(-c2c(C)ccc3c2oc2cc(F)ccc23)[n+](C)cc1C([2H])([2H])[2H]. The van der Waals surface area contributed by atoms with Crippen LogP contribution in [0.15, 0.2) is 89.5 Å².